The van der Waals surface area contributed by atoms with Gasteiger partial charge in [-0.2, -0.15) is 9.97 Å². The average molecular weight is 683 g/mol. The maximum absolute atomic E-state index is 17.0. The molecule has 12 heteroatoms. The number of aromatic nitrogens is 3. The van der Waals surface area contributed by atoms with Crippen LogP contribution in [-0.4, -0.2) is 76.3 Å². The lowest BCUT2D eigenvalue weighted by Crippen LogP contribution is -2.43. The van der Waals surface area contributed by atoms with Gasteiger partial charge in [0.05, 0.1) is 16.5 Å². The summed E-state index contributed by atoms with van der Waals surface area (Å²) in [5.41, 5.74) is 0.428. The fourth-order valence-corrected chi connectivity index (χ4v) is 9.61. The van der Waals surface area contributed by atoms with E-state index < -0.39 is 38.4 Å². The van der Waals surface area contributed by atoms with Crippen LogP contribution in [0.1, 0.15) is 81.9 Å². The minimum Gasteiger partial charge on any atom is -0.508 e. The summed E-state index contributed by atoms with van der Waals surface area (Å²) in [6.07, 6.45) is 8.24. The molecule has 2 aromatic carbocycles. The molecule has 1 aliphatic carbocycles. The SMILES string of the molecule is CCc1c(F)ccc2cc(O)cc(-c3ncc4c(C5CCCCCC(S(C)(=O)=O)C5)nc(OC[C@@]56CCCN5C[C@H](F)C6)nc4c3F)c12. The standard InChI is InChI=1S/C36H41F3N4O4S/c1-3-26-29(38)11-10-21-14-24(44)16-27(30(21)26)33-31(39)34-28(18-40-33)32(22-8-5-4-6-9-25(15-22)48(2,45)46)41-35(42-34)47-20-36-12-7-13-43(36)19-23(37)17-36/h10-11,14,16,18,22-23,25,44H,3-9,12-13,15,17,19-20H2,1-2H3/t22?,23-,25?,36+/m1/s1. The molecule has 4 aromatic rings. The minimum absolute atomic E-state index is 0.0560. The first kappa shape index (κ1) is 33.0. The first-order valence-electron chi connectivity index (χ1n) is 17.0. The maximum atomic E-state index is 17.0. The number of phenolic OH excluding ortho intramolecular Hbond substituents is 1. The molecule has 0 amide bonds. The lowest BCUT2D eigenvalue weighted by Gasteiger charge is -2.31. The van der Waals surface area contributed by atoms with Crippen LogP contribution in [0.15, 0.2) is 30.5 Å². The fraction of sp³-hybridized carbons (Fsp3) is 0.528. The van der Waals surface area contributed by atoms with Crippen molar-refractivity contribution in [3.05, 3.63) is 53.4 Å². The molecular weight excluding hydrogens is 641 g/mol. The summed E-state index contributed by atoms with van der Waals surface area (Å²) >= 11 is 0. The second kappa shape index (κ2) is 12.7. The Hall–Kier alpha value is -3.51. The summed E-state index contributed by atoms with van der Waals surface area (Å²) in [5.74, 6) is -1.67. The van der Waals surface area contributed by atoms with E-state index in [1.165, 1.54) is 30.7 Å². The molecule has 2 saturated heterocycles. The molecular formula is C36H41F3N4O4S. The van der Waals surface area contributed by atoms with Crippen LogP contribution in [0.5, 0.6) is 11.8 Å². The molecule has 0 spiro atoms. The normalized spacial score (nSPS) is 25.3. The van der Waals surface area contributed by atoms with Crippen LogP contribution < -0.4 is 4.74 Å². The summed E-state index contributed by atoms with van der Waals surface area (Å²) in [7, 11) is -3.35. The average Bonchev–Trinajstić information content (AvgIpc) is 3.55. The molecule has 256 valence electrons. The number of ether oxygens (including phenoxy) is 1. The third-order valence-corrected chi connectivity index (χ3v) is 12.4. The van der Waals surface area contributed by atoms with Crippen molar-refractivity contribution in [2.24, 2.45) is 0 Å². The second-order valence-electron chi connectivity index (χ2n) is 13.9. The summed E-state index contributed by atoms with van der Waals surface area (Å²) in [4.78, 5) is 16.0. The number of halogens is 3. The van der Waals surface area contributed by atoms with Gasteiger partial charge in [-0.15, -0.1) is 0 Å². The number of phenols is 1. The van der Waals surface area contributed by atoms with Crippen molar-refractivity contribution in [3.8, 4) is 23.0 Å². The lowest BCUT2D eigenvalue weighted by molar-refractivity contribution is 0.107. The molecule has 0 radical (unpaired) electrons. The van der Waals surface area contributed by atoms with Gasteiger partial charge in [0.2, 0.25) is 0 Å². The largest absolute Gasteiger partial charge is 0.508 e. The second-order valence-corrected chi connectivity index (χ2v) is 16.3. The molecule has 7 rings (SSSR count). The van der Waals surface area contributed by atoms with E-state index in [-0.39, 0.29) is 41.1 Å². The molecule has 2 aliphatic heterocycles. The zero-order chi connectivity index (χ0) is 33.8. The third kappa shape index (κ3) is 5.99. The van der Waals surface area contributed by atoms with Gasteiger partial charge in [-0.05, 0) is 79.6 Å². The van der Waals surface area contributed by atoms with Crippen LogP contribution in [-0.2, 0) is 16.3 Å². The number of benzene rings is 2. The van der Waals surface area contributed by atoms with Crippen molar-refractivity contribution < 1.29 is 31.4 Å². The highest BCUT2D eigenvalue weighted by Gasteiger charge is 2.49. The number of aromatic hydroxyl groups is 1. The highest BCUT2D eigenvalue weighted by atomic mass is 32.2. The number of pyridine rings is 1. The van der Waals surface area contributed by atoms with E-state index in [1.807, 2.05) is 0 Å². The van der Waals surface area contributed by atoms with Crippen molar-refractivity contribution in [3.63, 3.8) is 0 Å². The Bertz CT molecular complexity index is 1990. The van der Waals surface area contributed by atoms with E-state index in [0.29, 0.717) is 66.1 Å². The van der Waals surface area contributed by atoms with Crippen molar-refractivity contribution in [1.82, 2.24) is 19.9 Å². The van der Waals surface area contributed by atoms with Gasteiger partial charge in [-0.25, -0.2) is 21.6 Å². The van der Waals surface area contributed by atoms with E-state index in [9.17, 15) is 17.9 Å². The Morgan fingerprint density at radius 3 is 2.71 bits per heavy atom. The van der Waals surface area contributed by atoms with Gasteiger partial charge in [-0.3, -0.25) is 9.88 Å². The van der Waals surface area contributed by atoms with E-state index in [1.54, 1.807) is 13.0 Å². The van der Waals surface area contributed by atoms with Crippen molar-refractivity contribution >= 4 is 31.5 Å². The number of aryl methyl sites for hydroxylation is 1. The topological polar surface area (TPSA) is 106 Å². The van der Waals surface area contributed by atoms with Gasteiger partial charge < -0.3 is 9.84 Å². The van der Waals surface area contributed by atoms with Gasteiger partial charge in [-0.1, -0.05) is 32.3 Å². The molecule has 1 saturated carbocycles. The fourth-order valence-electron chi connectivity index (χ4n) is 8.43. The Morgan fingerprint density at radius 2 is 1.92 bits per heavy atom. The first-order chi connectivity index (χ1) is 23.0. The summed E-state index contributed by atoms with van der Waals surface area (Å²) in [5, 5.41) is 11.4. The number of fused-ring (bicyclic) bond motifs is 3. The molecule has 8 nitrogen and oxygen atoms in total. The number of rotatable bonds is 7. The highest BCUT2D eigenvalue weighted by Crippen LogP contribution is 2.43. The van der Waals surface area contributed by atoms with Gasteiger partial charge in [0, 0.05) is 42.3 Å². The quantitative estimate of drug-likeness (QED) is 0.218. The molecule has 0 bridgehead atoms. The number of sulfone groups is 1. The zero-order valence-corrected chi connectivity index (χ0v) is 28.1. The Kier molecular flexibility index (Phi) is 8.76. The van der Waals surface area contributed by atoms with Crippen molar-refractivity contribution in [2.75, 3.05) is 26.0 Å². The summed E-state index contributed by atoms with van der Waals surface area (Å²) < 4.78 is 78.3. The molecule has 4 heterocycles. The molecule has 48 heavy (non-hydrogen) atoms. The molecule has 4 atom stereocenters. The minimum atomic E-state index is -3.35. The van der Waals surface area contributed by atoms with E-state index in [2.05, 4.69) is 14.9 Å². The molecule has 2 unspecified atom stereocenters. The number of alkyl halides is 1. The van der Waals surface area contributed by atoms with Crippen molar-refractivity contribution in [2.45, 2.75) is 94.0 Å². The Morgan fingerprint density at radius 1 is 1.10 bits per heavy atom. The first-order valence-corrected chi connectivity index (χ1v) is 18.9. The van der Waals surface area contributed by atoms with Gasteiger partial charge >= 0.3 is 6.01 Å². The number of hydrogen-bond donors (Lipinski definition) is 1. The van der Waals surface area contributed by atoms with Crippen LogP contribution in [0.4, 0.5) is 13.2 Å². The van der Waals surface area contributed by atoms with E-state index in [4.69, 9.17) is 9.72 Å². The smallest absolute Gasteiger partial charge is 0.317 e. The molecule has 3 aliphatic rings. The van der Waals surface area contributed by atoms with Crippen LogP contribution in [0.25, 0.3) is 32.9 Å². The highest BCUT2D eigenvalue weighted by molar-refractivity contribution is 7.91. The predicted octanol–water partition coefficient (Wildman–Crippen LogP) is 7.20. The monoisotopic (exact) mass is 682 g/mol. The maximum Gasteiger partial charge on any atom is 0.317 e. The Balaban J connectivity index is 1.39. The van der Waals surface area contributed by atoms with E-state index >= 15 is 8.78 Å². The predicted molar refractivity (Wildman–Crippen MR) is 179 cm³/mol. The zero-order valence-electron chi connectivity index (χ0n) is 27.3. The molecule has 2 aromatic heterocycles. The van der Waals surface area contributed by atoms with Gasteiger partial charge in [0.15, 0.2) is 5.82 Å². The third-order valence-electron chi connectivity index (χ3n) is 10.8. The molecule has 1 N–H and O–H groups in total. The van der Waals surface area contributed by atoms with Gasteiger partial charge in [0.1, 0.15) is 45.4 Å². The summed E-state index contributed by atoms with van der Waals surface area (Å²) in [6, 6.07) is 5.70. The van der Waals surface area contributed by atoms with Crippen molar-refractivity contribution in [1.29, 1.82) is 0 Å². The lowest BCUT2D eigenvalue weighted by atomic mass is 9.87. The van der Waals surface area contributed by atoms with Crippen LogP contribution in [0.2, 0.25) is 0 Å². The van der Waals surface area contributed by atoms with Crippen LogP contribution >= 0.6 is 0 Å². The van der Waals surface area contributed by atoms with Crippen LogP contribution in [0.3, 0.4) is 0 Å². The van der Waals surface area contributed by atoms with Gasteiger partial charge in [0.25, 0.3) is 0 Å². The Labute approximate surface area is 278 Å². The summed E-state index contributed by atoms with van der Waals surface area (Å²) in [6.45, 7) is 3.08. The number of hydrogen-bond acceptors (Lipinski definition) is 8. The van der Waals surface area contributed by atoms with E-state index in [0.717, 1.165) is 38.6 Å². The molecule has 3 fully saturated rings. The number of nitrogens with zero attached hydrogens (tertiary/aromatic N) is 4. The van der Waals surface area contributed by atoms with Crippen LogP contribution in [0, 0.1) is 11.6 Å².